The summed E-state index contributed by atoms with van der Waals surface area (Å²) in [4.78, 5) is 11.3. The zero-order valence-corrected chi connectivity index (χ0v) is 25.0. The molecule has 3 N–H and O–H groups in total. The molecule has 40 heavy (non-hydrogen) atoms. The Morgan fingerprint density at radius 2 is 1.88 bits per heavy atom. The van der Waals surface area contributed by atoms with E-state index >= 15 is 0 Å². The van der Waals surface area contributed by atoms with Crippen LogP contribution in [0.25, 0.3) is 0 Å². The Morgan fingerprint density at radius 3 is 2.58 bits per heavy atom. The molecule has 1 saturated heterocycles. The van der Waals surface area contributed by atoms with Crippen molar-refractivity contribution in [1.82, 2.24) is 19.6 Å². The number of likely N-dealkylation sites (N-methyl/N-ethyl adjacent to an activating group) is 1. The summed E-state index contributed by atoms with van der Waals surface area (Å²) in [5, 5.41) is 6.48. The fourth-order valence-electron chi connectivity index (χ4n) is 4.34. The van der Waals surface area contributed by atoms with Crippen LogP contribution in [-0.2, 0) is 10.0 Å². The summed E-state index contributed by atoms with van der Waals surface area (Å²) in [5.74, 6) is 1.84. The van der Waals surface area contributed by atoms with Gasteiger partial charge >= 0.3 is 0 Å². The van der Waals surface area contributed by atoms with Crippen LogP contribution in [-0.4, -0.2) is 61.2 Å². The maximum atomic E-state index is 12.9. The van der Waals surface area contributed by atoms with Crippen LogP contribution in [0.4, 0.5) is 23.1 Å². The Hall–Kier alpha value is -3.12. The average Bonchev–Trinajstić information content (AvgIpc) is 3.34. The van der Waals surface area contributed by atoms with Gasteiger partial charge in [-0.05, 0) is 64.9 Å². The van der Waals surface area contributed by atoms with Crippen molar-refractivity contribution in [3.63, 3.8) is 0 Å². The van der Waals surface area contributed by atoms with Crippen molar-refractivity contribution < 1.29 is 17.9 Å². The quantitative estimate of drug-likeness (QED) is 0.250. The van der Waals surface area contributed by atoms with E-state index in [2.05, 4.69) is 37.1 Å². The van der Waals surface area contributed by atoms with Gasteiger partial charge in [0.2, 0.25) is 16.0 Å². The van der Waals surface area contributed by atoms with Crippen LogP contribution < -0.4 is 24.8 Å². The molecule has 0 saturated carbocycles. The van der Waals surface area contributed by atoms with E-state index < -0.39 is 10.0 Å². The Balaban J connectivity index is 1.57. The Bertz CT molecular complexity index is 1420. The number of hydrogen-bond donors (Lipinski definition) is 3. The molecule has 12 heteroatoms. The molecule has 4 rings (SSSR count). The van der Waals surface area contributed by atoms with E-state index in [0.717, 1.165) is 31.8 Å². The summed E-state index contributed by atoms with van der Waals surface area (Å²) in [5.41, 5.74) is 0.987. The normalized spacial score (nSPS) is 15.9. The van der Waals surface area contributed by atoms with E-state index in [0.29, 0.717) is 17.1 Å². The van der Waals surface area contributed by atoms with Crippen LogP contribution in [0.1, 0.15) is 41.0 Å². The zero-order valence-electron chi connectivity index (χ0n) is 23.4. The first kappa shape index (κ1) is 29.9. The largest absolute Gasteiger partial charge is 0.489 e. The molecule has 0 radical (unpaired) electrons. The molecule has 216 valence electrons. The van der Waals surface area contributed by atoms with E-state index in [9.17, 15) is 8.42 Å². The van der Waals surface area contributed by atoms with Crippen LogP contribution in [0.3, 0.4) is 0 Å². The van der Waals surface area contributed by atoms with E-state index in [1.165, 1.54) is 12.3 Å². The minimum Gasteiger partial charge on any atom is -0.489 e. The lowest BCUT2D eigenvalue weighted by Crippen LogP contribution is -2.30. The van der Waals surface area contributed by atoms with Crippen LogP contribution in [0, 0.1) is 0 Å². The second-order valence-electron chi connectivity index (χ2n) is 10.2. The molecule has 1 atom stereocenters. The number of aromatic nitrogens is 2. The van der Waals surface area contributed by atoms with Gasteiger partial charge < -0.3 is 20.1 Å². The van der Waals surface area contributed by atoms with Gasteiger partial charge in [0.1, 0.15) is 27.5 Å². The maximum Gasteiger partial charge on any atom is 0.242 e. The molecule has 2 aromatic carbocycles. The third kappa shape index (κ3) is 7.75. The lowest BCUT2D eigenvalue weighted by atomic mass is 10.2. The molecule has 0 spiro atoms. The van der Waals surface area contributed by atoms with Crippen molar-refractivity contribution in [2.75, 3.05) is 30.3 Å². The number of hydrogen-bond acceptors (Lipinski definition) is 9. The molecule has 1 aromatic heterocycles. The summed E-state index contributed by atoms with van der Waals surface area (Å²) in [7, 11) is -3.76. The Morgan fingerprint density at radius 1 is 1.10 bits per heavy atom. The number of nitrogens with one attached hydrogen (secondary N) is 3. The van der Waals surface area contributed by atoms with Crippen molar-refractivity contribution >= 4 is 44.8 Å². The fraction of sp³-hybridized carbons (Fsp3) is 0.429. The molecule has 10 nitrogen and oxygen atoms in total. The molecule has 1 aliphatic heterocycles. The average molecular weight is 589 g/mol. The SMILES string of the molecule is CCN1CCC(Oc2ccc(Nc3ncc(Cl)c(Nc4ccccc4S(=O)(=O)NC(C)C)n3)c(OC(C)C)c2)C1. The Labute approximate surface area is 241 Å². The topological polar surface area (TPSA) is 118 Å². The molecule has 1 aliphatic rings. The number of ether oxygens (including phenoxy) is 2. The number of sulfonamides is 1. The van der Waals surface area contributed by atoms with Crippen molar-refractivity contribution in [1.29, 1.82) is 0 Å². The summed E-state index contributed by atoms with van der Waals surface area (Å²) in [6.45, 7) is 12.5. The van der Waals surface area contributed by atoms with E-state index in [-0.39, 0.29) is 39.9 Å². The number of halogens is 1. The van der Waals surface area contributed by atoms with Gasteiger partial charge in [0.25, 0.3) is 0 Å². The third-order valence-electron chi connectivity index (χ3n) is 6.11. The standard InChI is InChI=1S/C28H37ClN6O4S/c1-6-35-14-13-21(17-35)39-20-11-12-23(25(15-20)38-19(4)5)32-28-30-16-22(29)27(33-28)31-24-9-7-8-10-26(24)40(36,37)34-18(2)3/h7-12,15-16,18-19,21,34H,6,13-14,17H2,1-5H3,(H2,30,31,32,33). The predicted octanol–water partition coefficient (Wildman–Crippen LogP) is 5.56. The van der Waals surface area contributed by atoms with Gasteiger partial charge in [0.15, 0.2) is 5.82 Å². The van der Waals surface area contributed by atoms with Crippen molar-refractivity contribution in [3.05, 3.63) is 53.7 Å². The van der Waals surface area contributed by atoms with Gasteiger partial charge in [-0.1, -0.05) is 30.7 Å². The summed E-state index contributed by atoms with van der Waals surface area (Å²) >= 11 is 6.40. The number of para-hydroxylation sites is 1. The van der Waals surface area contributed by atoms with E-state index in [1.807, 2.05) is 32.0 Å². The number of likely N-dealkylation sites (tertiary alicyclic amines) is 1. The second kappa shape index (κ2) is 13.0. The maximum absolute atomic E-state index is 12.9. The highest BCUT2D eigenvalue weighted by atomic mass is 35.5. The minimum atomic E-state index is -3.76. The molecule has 3 aromatic rings. The van der Waals surface area contributed by atoms with Gasteiger partial charge in [-0.25, -0.2) is 18.1 Å². The second-order valence-corrected chi connectivity index (χ2v) is 12.2. The van der Waals surface area contributed by atoms with Crippen LogP contribution >= 0.6 is 11.6 Å². The first-order valence-corrected chi connectivity index (χ1v) is 15.3. The molecular weight excluding hydrogens is 552 g/mol. The van der Waals surface area contributed by atoms with Gasteiger partial charge in [-0.3, -0.25) is 4.90 Å². The molecule has 1 unspecified atom stereocenters. The molecule has 0 amide bonds. The number of benzene rings is 2. The first-order chi connectivity index (χ1) is 19.0. The molecular formula is C28H37ClN6O4S. The summed E-state index contributed by atoms with van der Waals surface area (Å²) in [6.07, 6.45) is 2.50. The third-order valence-corrected chi connectivity index (χ3v) is 8.10. The van der Waals surface area contributed by atoms with Crippen molar-refractivity contribution in [2.45, 2.75) is 64.2 Å². The summed E-state index contributed by atoms with van der Waals surface area (Å²) < 4.78 is 40.7. The number of anilines is 4. The van der Waals surface area contributed by atoms with Crippen LogP contribution in [0.15, 0.2) is 53.6 Å². The number of rotatable bonds is 12. The molecule has 2 heterocycles. The molecule has 0 bridgehead atoms. The fourth-order valence-corrected chi connectivity index (χ4v) is 5.90. The Kier molecular flexibility index (Phi) is 9.72. The van der Waals surface area contributed by atoms with Gasteiger partial charge in [0.05, 0.1) is 23.7 Å². The summed E-state index contributed by atoms with van der Waals surface area (Å²) in [6, 6.07) is 11.9. The van der Waals surface area contributed by atoms with Crippen LogP contribution in [0.5, 0.6) is 11.5 Å². The van der Waals surface area contributed by atoms with Gasteiger partial charge in [-0.15, -0.1) is 0 Å². The highest BCUT2D eigenvalue weighted by molar-refractivity contribution is 7.89. The lowest BCUT2D eigenvalue weighted by molar-refractivity contribution is 0.199. The van der Waals surface area contributed by atoms with E-state index in [4.69, 9.17) is 21.1 Å². The first-order valence-electron chi connectivity index (χ1n) is 13.4. The number of nitrogens with zero attached hydrogens (tertiary/aromatic N) is 3. The smallest absolute Gasteiger partial charge is 0.242 e. The minimum absolute atomic E-state index is 0.0703. The molecule has 0 aliphatic carbocycles. The molecule has 1 fully saturated rings. The lowest BCUT2D eigenvalue weighted by Gasteiger charge is -2.19. The monoisotopic (exact) mass is 588 g/mol. The highest BCUT2D eigenvalue weighted by Gasteiger charge is 2.23. The van der Waals surface area contributed by atoms with Gasteiger partial charge in [0, 0.05) is 25.2 Å². The van der Waals surface area contributed by atoms with Gasteiger partial charge in [-0.2, -0.15) is 4.98 Å². The van der Waals surface area contributed by atoms with Crippen molar-refractivity contribution in [3.8, 4) is 11.5 Å². The zero-order chi connectivity index (χ0) is 28.9. The van der Waals surface area contributed by atoms with Crippen LogP contribution in [0.2, 0.25) is 5.02 Å². The predicted molar refractivity (Wildman–Crippen MR) is 159 cm³/mol. The van der Waals surface area contributed by atoms with Crippen molar-refractivity contribution in [2.24, 2.45) is 0 Å². The van der Waals surface area contributed by atoms with E-state index in [1.54, 1.807) is 32.0 Å². The highest BCUT2D eigenvalue weighted by Crippen LogP contribution is 2.34.